The molecule has 29 heavy (non-hydrogen) atoms. The Morgan fingerprint density at radius 2 is 1.97 bits per heavy atom. The SMILES string of the molecule is COc1ccc2sc(Cn3nc(CCOC(C)=O)c4ccccc4c3=O)nc2c1. The van der Waals surface area contributed by atoms with Crippen LogP contribution in [-0.2, 0) is 22.5 Å². The van der Waals surface area contributed by atoms with Gasteiger partial charge in [-0.15, -0.1) is 11.3 Å². The number of benzene rings is 2. The smallest absolute Gasteiger partial charge is 0.302 e. The zero-order valence-corrected chi connectivity index (χ0v) is 16.9. The lowest BCUT2D eigenvalue weighted by Gasteiger charge is -2.10. The van der Waals surface area contributed by atoms with E-state index < -0.39 is 0 Å². The molecule has 8 heteroatoms. The minimum Gasteiger partial charge on any atom is -0.497 e. The van der Waals surface area contributed by atoms with Gasteiger partial charge in [-0.25, -0.2) is 9.67 Å². The molecule has 0 aliphatic carbocycles. The van der Waals surface area contributed by atoms with Crippen molar-refractivity contribution in [3.05, 3.63) is 63.5 Å². The maximum Gasteiger partial charge on any atom is 0.302 e. The topological polar surface area (TPSA) is 83.3 Å². The van der Waals surface area contributed by atoms with Gasteiger partial charge in [-0.2, -0.15) is 5.10 Å². The molecule has 0 N–H and O–H groups in total. The van der Waals surface area contributed by atoms with Gasteiger partial charge in [-0.1, -0.05) is 18.2 Å². The summed E-state index contributed by atoms with van der Waals surface area (Å²) in [7, 11) is 1.62. The lowest BCUT2D eigenvalue weighted by molar-refractivity contribution is -0.140. The second-order valence-corrected chi connectivity index (χ2v) is 7.60. The van der Waals surface area contributed by atoms with Gasteiger partial charge in [0.1, 0.15) is 10.8 Å². The number of hydrogen-bond donors (Lipinski definition) is 0. The van der Waals surface area contributed by atoms with Crippen molar-refractivity contribution in [2.45, 2.75) is 19.9 Å². The number of fused-ring (bicyclic) bond motifs is 2. The summed E-state index contributed by atoms with van der Waals surface area (Å²) < 4.78 is 12.8. The number of methoxy groups -OCH3 is 1. The molecule has 0 fully saturated rings. The van der Waals surface area contributed by atoms with Gasteiger partial charge in [0.15, 0.2) is 0 Å². The third kappa shape index (κ3) is 3.97. The molecule has 0 saturated carbocycles. The Kier molecular flexibility index (Phi) is 5.26. The number of aromatic nitrogens is 3. The lowest BCUT2D eigenvalue weighted by atomic mass is 10.1. The van der Waals surface area contributed by atoms with Gasteiger partial charge < -0.3 is 9.47 Å². The zero-order valence-electron chi connectivity index (χ0n) is 16.0. The van der Waals surface area contributed by atoms with Crippen LogP contribution in [0.25, 0.3) is 21.0 Å². The van der Waals surface area contributed by atoms with Crippen molar-refractivity contribution in [2.24, 2.45) is 0 Å². The van der Waals surface area contributed by atoms with Crippen LogP contribution >= 0.6 is 11.3 Å². The van der Waals surface area contributed by atoms with Crippen LogP contribution in [0, 0.1) is 0 Å². The van der Waals surface area contributed by atoms with Gasteiger partial charge in [0.05, 0.1) is 41.6 Å². The van der Waals surface area contributed by atoms with Crippen molar-refractivity contribution in [1.82, 2.24) is 14.8 Å². The molecular formula is C21H19N3O4S. The summed E-state index contributed by atoms with van der Waals surface area (Å²) in [5.41, 5.74) is 1.37. The van der Waals surface area contributed by atoms with Gasteiger partial charge in [0.2, 0.25) is 0 Å². The molecule has 7 nitrogen and oxygen atoms in total. The number of nitrogens with zero attached hydrogens (tertiary/aromatic N) is 3. The lowest BCUT2D eigenvalue weighted by Crippen LogP contribution is -2.25. The van der Waals surface area contributed by atoms with E-state index in [0.29, 0.717) is 17.5 Å². The fourth-order valence-corrected chi connectivity index (χ4v) is 4.10. The van der Waals surface area contributed by atoms with Crippen molar-refractivity contribution in [1.29, 1.82) is 0 Å². The molecule has 0 bridgehead atoms. The van der Waals surface area contributed by atoms with E-state index in [-0.39, 0.29) is 24.7 Å². The maximum absolute atomic E-state index is 13.0. The average molecular weight is 409 g/mol. The molecule has 4 rings (SSSR count). The third-order valence-electron chi connectivity index (χ3n) is 4.51. The number of carbonyl (C=O) groups is 1. The van der Waals surface area contributed by atoms with Crippen LogP contribution in [0.1, 0.15) is 17.6 Å². The third-order valence-corrected chi connectivity index (χ3v) is 5.53. The predicted molar refractivity (Wildman–Crippen MR) is 112 cm³/mol. The first-order valence-corrected chi connectivity index (χ1v) is 9.92. The molecule has 2 aromatic carbocycles. The monoisotopic (exact) mass is 409 g/mol. The summed E-state index contributed by atoms with van der Waals surface area (Å²) in [6.45, 7) is 1.85. The number of esters is 1. The Morgan fingerprint density at radius 1 is 1.17 bits per heavy atom. The van der Waals surface area contributed by atoms with Crippen LogP contribution in [0.3, 0.4) is 0 Å². The van der Waals surface area contributed by atoms with Crippen molar-refractivity contribution in [2.75, 3.05) is 13.7 Å². The van der Waals surface area contributed by atoms with E-state index >= 15 is 0 Å². The normalized spacial score (nSPS) is 11.1. The Labute approximate surface area is 170 Å². The summed E-state index contributed by atoms with van der Waals surface area (Å²) in [5.74, 6) is 0.399. The molecule has 0 unspecified atom stereocenters. The van der Waals surface area contributed by atoms with E-state index in [9.17, 15) is 9.59 Å². The van der Waals surface area contributed by atoms with Crippen molar-refractivity contribution in [3.8, 4) is 5.75 Å². The highest BCUT2D eigenvalue weighted by atomic mass is 32.1. The molecule has 0 radical (unpaired) electrons. The minimum atomic E-state index is -0.340. The quantitative estimate of drug-likeness (QED) is 0.455. The Balaban J connectivity index is 1.72. The van der Waals surface area contributed by atoms with Crippen molar-refractivity contribution >= 4 is 38.3 Å². The fourth-order valence-electron chi connectivity index (χ4n) is 3.17. The summed E-state index contributed by atoms with van der Waals surface area (Å²) in [5, 5.41) is 6.69. The van der Waals surface area contributed by atoms with Crippen LogP contribution in [0.15, 0.2) is 47.3 Å². The van der Waals surface area contributed by atoms with E-state index in [1.807, 2.05) is 36.4 Å². The van der Waals surface area contributed by atoms with Crippen LogP contribution < -0.4 is 10.3 Å². The van der Waals surface area contributed by atoms with Gasteiger partial charge >= 0.3 is 5.97 Å². The highest BCUT2D eigenvalue weighted by Gasteiger charge is 2.13. The summed E-state index contributed by atoms with van der Waals surface area (Å²) in [6.07, 6.45) is 0.428. The molecule has 0 amide bonds. The van der Waals surface area contributed by atoms with E-state index in [1.54, 1.807) is 13.2 Å². The Bertz CT molecular complexity index is 1260. The van der Waals surface area contributed by atoms with Crippen LogP contribution in [0.2, 0.25) is 0 Å². The minimum absolute atomic E-state index is 0.173. The van der Waals surface area contributed by atoms with E-state index in [1.165, 1.54) is 22.9 Å². The summed E-state index contributed by atoms with van der Waals surface area (Å²) in [4.78, 5) is 28.7. The van der Waals surface area contributed by atoms with Crippen molar-refractivity contribution < 1.29 is 14.3 Å². The Morgan fingerprint density at radius 3 is 2.72 bits per heavy atom. The van der Waals surface area contributed by atoms with Gasteiger partial charge in [-0.05, 0) is 18.2 Å². The predicted octanol–water partition coefficient (Wildman–Crippen LogP) is 3.17. The van der Waals surface area contributed by atoms with E-state index in [0.717, 1.165) is 26.4 Å². The number of hydrogen-bond acceptors (Lipinski definition) is 7. The number of thiazole rings is 1. The van der Waals surface area contributed by atoms with Crippen LogP contribution in [0.5, 0.6) is 5.75 Å². The van der Waals surface area contributed by atoms with Gasteiger partial charge in [0, 0.05) is 24.8 Å². The first kappa shape index (κ1) is 19.1. The van der Waals surface area contributed by atoms with E-state index in [2.05, 4.69) is 10.1 Å². The second-order valence-electron chi connectivity index (χ2n) is 6.49. The molecule has 0 saturated heterocycles. The highest BCUT2D eigenvalue weighted by molar-refractivity contribution is 7.18. The number of ether oxygens (including phenoxy) is 2. The number of rotatable bonds is 6. The average Bonchev–Trinajstić information content (AvgIpc) is 3.12. The first-order chi connectivity index (χ1) is 14.0. The molecule has 2 heterocycles. The molecular weight excluding hydrogens is 390 g/mol. The maximum atomic E-state index is 13.0. The summed E-state index contributed by atoms with van der Waals surface area (Å²) >= 11 is 1.52. The fraction of sp³-hybridized carbons (Fsp3) is 0.238. The largest absolute Gasteiger partial charge is 0.497 e. The molecule has 148 valence electrons. The van der Waals surface area contributed by atoms with Gasteiger partial charge in [-0.3, -0.25) is 9.59 Å². The van der Waals surface area contributed by atoms with E-state index in [4.69, 9.17) is 9.47 Å². The Hall–Kier alpha value is -3.26. The molecule has 0 aliphatic heterocycles. The van der Waals surface area contributed by atoms with Gasteiger partial charge in [0.25, 0.3) is 5.56 Å². The molecule has 2 aromatic heterocycles. The second kappa shape index (κ2) is 8.00. The standard InChI is InChI=1S/C21H19N3O4S/c1-13(25)28-10-9-17-15-5-3-4-6-16(15)21(26)24(23-17)12-20-22-18-11-14(27-2)7-8-19(18)29-20/h3-8,11H,9-10,12H2,1-2H3. The summed E-state index contributed by atoms with van der Waals surface area (Å²) in [6, 6.07) is 13.1. The molecule has 4 aromatic rings. The first-order valence-electron chi connectivity index (χ1n) is 9.10. The molecule has 0 spiro atoms. The zero-order chi connectivity index (χ0) is 20.4. The van der Waals surface area contributed by atoms with Crippen LogP contribution in [0.4, 0.5) is 0 Å². The number of carbonyl (C=O) groups excluding carboxylic acids is 1. The molecule has 0 atom stereocenters. The highest BCUT2D eigenvalue weighted by Crippen LogP contribution is 2.26. The van der Waals surface area contributed by atoms with Crippen LogP contribution in [-0.4, -0.2) is 34.5 Å². The van der Waals surface area contributed by atoms with Crippen molar-refractivity contribution in [3.63, 3.8) is 0 Å². The molecule has 0 aliphatic rings.